The van der Waals surface area contributed by atoms with Gasteiger partial charge in [-0.1, -0.05) is 139 Å². The van der Waals surface area contributed by atoms with Gasteiger partial charge in [-0.3, -0.25) is 0 Å². The predicted octanol–water partition coefficient (Wildman–Crippen LogP) is 12.5. The second kappa shape index (κ2) is 12.5. The number of benzene rings is 4. The number of hydrogen-bond donors (Lipinski definition) is 0. The van der Waals surface area contributed by atoms with Gasteiger partial charge >= 0.3 is 0 Å². The van der Waals surface area contributed by atoms with Gasteiger partial charge in [0, 0.05) is 32.6 Å². The molecule has 3 aliphatic rings. The van der Waals surface area contributed by atoms with E-state index in [1.54, 1.807) is 0 Å². The van der Waals surface area contributed by atoms with Crippen molar-refractivity contribution in [3.05, 3.63) is 189 Å². The molecule has 0 spiro atoms. The summed E-state index contributed by atoms with van der Waals surface area (Å²) in [5, 5.41) is 0. The lowest BCUT2D eigenvalue weighted by Gasteiger charge is -2.21. The van der Waals surface area contributed by atoms with Crippen molar-refractivity contribution in [2.24, 2.45) is 0 Å². The van der Waals surface area contributed by atoms with Crippen molar-refractivity contribution in [3.8, 4) is 21.6 Å². The Morgan fingerprint density at radius 2 is 1.22 bits per heavy atom. The molecule has 2 heteroatoms. The van der Waals surface area contributed by atoms with Crippen LogP contribution in [0.5, 0.6) is 0 Å². The van der Waals surface area contributed by atoms with E-state index in [1.165, 1.54) is 75.2 Å². The number of hydrogen-bond acceptors (Lipinski definition) is 1. The van der Waals surface area contributed by atoms with Gasteiger partial charge in [0.05, 0.1) is 0 Å². The summed E-state index contributed by atoms with van der Waals surface area (Å²) in [5.74, 6) is 0. The van der Waals surface area contributed by atoms with Crippen LogP contribution in [0.4, 0.5) is 0 Å². The first kappa shape index (κ1) is 28.0. The van der Waals surface area contributed by atoms with Crippen molar-refractivity contribution in [2.75, 3.05) is 0 Å². The number of thioether (sulfide) groups is 1. The Bertz CT molecular complexity index is 2030. The van der Waals surface area contributed by atoms with E-state index in [1.807, 2.05) is 23.1 Å². The fourth-order valence-electron chi connectivity index (χ4n) is 6.68. The summed E-state index contributed by atoms with van der Waals surface area (Å²) in [6, 6.07) is 45.9. The third-order valence-electron chi connectivity index (χ3n) is 8.93. The van der Waals surface area contributed by atoms with Gasteiger partial charge in [0.1, 0.15) is 0 Å². The Morgan fingerprint density at radius 1 is 0.600 bits per heavy atom. The molecule has 0 atom stereocenters. The third-order valence-corrected chi connectivity index (χ3v) is 11.5. The molecule has 1 aliphatic heterocycles. The lowest BCUT2D eigenvalue weighted by molar-refractivity contribution is 1.03. The summed E-state index contributed by atoms with van der Waals surface area (Å²) in [6.45, 7) is 0. The third kappa shape index (κ3) is 5.61. The van der Waals surface area contributed by atoms with E-state index in [2.05, 4.69) is 152 Å². The second-order valence-electron chi connectivity index (χ2n) is 11.7. The predicted molar refractivity (Wildman–Crippen MR) is 197 cm³/mol. The molecule has 8 rings (SSSR count). The maximum Gasteiger partial charge on any atom is 0.239 e. The van der Waals surface area contributed by atoms with E-state index in [0.717, 1.165) is 25.7 Å². The molecule has 0 radical (unpaired) electrons. The maximum absolute atomic E-state index is 2.41. The van der Waals surface area contributed by atoms with Gasteiger partial charge in [0.25, 0.3) is 0 Å². The van der Waals surface area contributed by atoms with Crippen LogP contribution in [-0.4, -0.2) is 0 Å². The van der Waals surface area contributed by atoms with Crippen LogP contribution in [0.15, 0.2) is 168 Å². The van der Waals surface area contributed by atoms with Gasteiger partial charge in [-0.25, -0.2) is 0 Å². The fourth-order valence-corrected chi connectivity index (χ4v) is 9.26. The molecule has 2 aliphatic carbocycles. The Kier molecular flexibility index (Phi) is 7.77. The van der Waals surface area contributed by atoms with Crippen molar-refractivity contribution in [1.29, 1.82) is 0 Å². The fraction of sp³-hybridized carbons (Fsp3) is 0.0930. The van der Waals surface area contributed by atoms with Crippen molar-refractivity contribution < 1.29 is 0 Å². The van der Waals surface area contributed by atoms with E-state index in [-0.39, 0.29) is 0 Å². The first-order valence-corrected chi connectivity index (χ1v) is 17.4. The van der Waals surface area contributed by atoms with Crippen LogP contribution in [0, 0.1) is 0 Å². The molecule has 5 aromatic rings. The summed E-state index contributed by atoms with van der Waals surface area (Å²) in [5.41, 5.74) is 13.8. The minimum absolute atomic E-state index is 1.08. The first-order chi connectivity index (χ1) is 22.3. The largest absolute Gasteiger partial charge is 0.239 e. The zero-order chi connectivity index (χ0) is 30.0. The number of allylic oxidation sites excluding steroid dienone is 8. The molecule has 216 valence electrons. The molecular formula is C43H33S2+. The van der Waals surface area contributed by atoms with Crippen LogP contribution in [0.25, 0.3) is 37.6 Å². The number of fused-ring (bicyclic) bond motifs is 2. The zero-order valence-corrected chi connectivity index (χ0v) is 26.7. The van der Waals surface area contributed by atoms with E-state index < -0.39 is 0 Å². The Balaban J connectivity index is 1.17. The smallest absolute Gasteiger partial charge is 0.0888 e. The lowest BCUT2D eigenvalue weighted by atomic mass is 9.97. The summed E-state index contributed by atoms with van der Waals surface area (Å²) < 4.78 is 0. The normalized spacial score (nSPS) is 16.8. The van der Waals surface area contributed by atoms with Gasteiger partial charge in [0.2, 0.25) is 21.1 Å². The van der Waals surface area contributed by atoms with Gasteiger partial charge in [-0.15, -0.1) is 0 Å². The van der Waals surface area contributed by atoms with Crippen molar-refractivity contribution >= 4 is 39.2 Å². The monoisotopic (exact) mass is 613 g/mol. The van der Waals surface area contributed by atoms with Gasteiger partial charge in [-0.05, 0) is 82.9 Å². The minimum atomic E-state index is 1.08. The average molecular weight is 614 g/mol. The highest BCUT2D eigenvalue weighted by atomic mass is 32.2. The quantitative estimate of drug-likeness (QED) is 0.172. The average Bonchev–Trinajstić information content (AvgIpc) is 3.73. The van der Waals surface area contributed by atoms with Crippen LogP contribution >= 0.6 is 23.1 Å². The van der Waals surface area contributed by atoms with E-state index >= 15 is 0 Å². The summed E-state index contributed by atoms with van der Waals surface area (Å²) >= 11 is 3.89. The van der Waals surface area contributed by atoms with Gasteiger partial charge in [0.15, 0.2) is 0 Å². The van der Waals surface area contributed by atoms with E-state index in [0.29, 0.717) is 0 Å². The molecule has 0 N–H and O–H groups in total. The molecule has 0 saturated carbocycles. The number of rotatable bonds is 6. The summed E-state index contributed by atoms with van der Waals surface area (Å²) in [4.78, 5) is 5.54. The second-order valence-corrected chi connectivity index (χ2v) is 13.8. The molecule has 1 aromatic heterocycles. The van der Waals surface area contributed by atoms with Crippen molar-refractivity contribution in [2.45, 2.75) is 25.7 Å². The molecule has 2 heterocycles. The first-order valence-electron chi connectivity index (χ1n) is 15.8. The Labute approximate surface area is 274 Å². The highest BCUT2D eigenvalue weighted by Gasteiger charge is 2.32. The molecule has 0 saturated heterocycles. The molecule has 0 amide bonds. The van der Waals surface area contributed by atoms with Crippen molar-refractivity contribution in [1.82, 2.24) is 0 Å². The molecule has 4 aromatic carbocycles. The maximum atomic E-state index is 2.41. The molecular weight excluding hydrogens is 581 g/mol. The van der Waals surface area contributed by atoms with Crippen LogP contribution in [-0.2, 0) is 6.42 Å². The highest BCUT2D eigenvalue weighted by Crippen LogP contribution is 2.52. The van der Waals surface area contributed by atoms with Gasteiger partial charge in [-0.2, -0.15) is 0 Å². The van der Waals surface area contributed by atoms with E-state index in [9.17, 15) is 0 Å². The Morgan fingerprint density at radius 3 is 1.91 bits per heavy atom. The molecule has 0 nitrogen and oxygen atoms in total. The SMILES string of the molecule is C1=C(c2ccccc2)SC2=C(/C=C/C=C3/CCc4c(-c5ccccc5)cc(-c5ccccc5)[s+]c43)CCC2=C1c1ccccc1. The van der Waals surface area contributed by atoms with Crippen LogP contribution < -0.4 is 0 Å². The molecule has 45 heavy (non-hydrogen) atoms. The van der Waals surface area contributed by atoms with Gasteiger partial charge < -0.3 is 0 Å². The minimum Gasteiger partial charge on any atom is -0.0888 e. The van der Waals surface area contributed by atoms with Crippen LogP contribution in [0.1, 0.15) is 40.8 Å². The summed E-state index contributed by atoms with van der Waals surface area (Å²) in [6.07, 6.45) is 13.9. The molecule has 0 unspecified atom stereocenters. The van der Waals surface area contributed by atoms with E-state index in [4.69, 9.17) is 0 Å². The molecule has 0 fully saturated rings. The van der Waals surface area contributed by atoms with Crippen molar-refractivity contribution in [3.63, 3.8) is 0 Å². The van der Waals surface area contributed by atoms with Crippen LogP contribution in [0.2, 0.25) is 0 Å². The highest BCUT2D eigenvalue weighted by molar-refractivity contribution is 8.12. The van der Waals surface area contributed by atoms with Crippen LogP contribution in [0.3, 0.4) is 0 Å². The molecule has 0 bridgehead atoms. The lowest BCUT2D eigenvalue weighted by Crippen LogP contribution is -1.96. The topological polar surface area (TPSA) is 0 Å². The standard InChI is InChI=1S/C43H33S2/c1-5-14-30(15-6-1)38-28-40(32-18-9-3-10-19-32)44-42-34(24-26-36(38)42)22-13-23-35-25-27-37-39(31-16-7-2-8-17-31)29-41(45-43(35)37)33-20-11-4-12-21-33/h1-23,28-29H,24-27H2/q+1. The Hall–Kier alpha value is -4.50. The zero-order valence-electron chi connectivity index (χ0n) is 25.1. The summed E-state index contributed by atoms with van der Waals surface area (Å²) in [7, 11) is 0.